The number of para-hydroxylation sites is 1. The van der Waals surface area contributed by atoms with Crippen LogP contribution < -0.4 is 9.47 Å². The number of halogens is 5. The van der Waals surface area contributed by atoms with Crippen molar-refractivity contribution in [2.75, 3.05) is 13.1 Å². The zero-order valence-electron chi connectivity index (χ0n) is 19.8. The molecule has 5 rings (SSSR count). The lowest BCUT2D eigenvalue weighted by Crippen LogP contribution is -2.55. The SMILES string of the molecule is Cn1ccc2cc(C(=O)N3CCC(F)(F)C(Oc4nc5ccccc5cc4OC(=O)C(F)(F)F)C3)ccc21. The average Bonchev–Trinajstić information content (AvgIpc) is 3.24. The van der Waals surface area contributed by atoms with Crippen LogP contribution in [0.25, 0.3) is 21.8 Å². The van der Waals surface area contributed by atoms with Crippen LogP contribution in [0.4, 0.5) is 22.0 Å². The monoisotopic (exact) mass is 533 g/mol. The summed E-state index contributed by atoms with van der Waals surface area (Å²) >= 11 is 0. The van der Waals surface area contributed by atoms with Crippen LogP contribution in [0.15, 0.2) is 60.8 Å². The van der Waals surface area contributed by atoms with E-state index in [1.165, 1.54) is 17.0 Å². The maximum Gasteiger partial charge on any atom is 0.491 e. The van der Waals surface area contributed by atoms with Gasteiger partial charge in [0.15, 0.2) is 11.9 Å². The molecule has 2 aromatic heterocycles. The minimum atomic E-state index is -5.33. The number of fused-ring (bicyclic) bond motifs is 2. The number of carbonyl (C=O) groups excluding carboxylic acids is 2. The summed E-state index contributed by atoms with van der Waals surface area (Å²) in [6.45, 7) is -0.834. The van der Waals surface area contributed by atoms with E-state index in [1.54, 1.807) is 30.3 Å². The molecule has 12 heteroatoms. The lowest BCUT2D eigenvalue weighted by atomic mass is 10.0. The standard InChI is InChI=1S/C26H20F5N3O4/c1-33-10-8-16-12-17(6-7-19(16)33)23(35)34-11-9-25(27,28)21(14-34)38-22-20(37-24(36)26(29,30)31)13-15-4-2-3-5-18(15)32-22/h2-8,10,12-13,21H,9,11,14H2,1H3. The molecule has 2 aromatic carbocycles. The van der Waals surface area contributed by atoms with Gasteiger partial charge >= 0.3 is 12.1 Å². The van der Waals surface area contributed by atoms with E-state index in [0.29, 0.717) is 5.39 Å². The van der Waals surface area contributed by atoms with E-state index in [0.717, 1.165) is 17.0 Å². The number of carbonyl (C=O) groups is 2. The molecule has 4 aromatic rings. The third kappa shape index (κ3) is 4.85. The van der Waals surface area contributed by atoms with Crippen LogP contribution in [0.1, 0.15) is 16.8 Å². The zero-order valence-corrected chi connectivity index (χ0v) is 19.8. The predicted octanol–water partition coefficient (Wildman–Crippen LogP) is 5.12. The second-order valence-electron chi connectivity index (χ2n) is 8.94. The van der Waals surface area contributed by atoms with Crippen molar-refractivity contribution in [2.45, 2.75) is 24.6 Å². The number of likely N-dealkylation sites (tertiary alicyclic amines) is 1. The molecule has 0 spiro atoms. The normalized spacial score (nSPS) is 17.5. The molecule has 7 nitrogen and oxygen atoms in total. The van der Waals surface area contributed by atoms with E-state index in [4.69, 9.17) is 4.74 Å². The summed E-state index contributed by atoms with van der Waals surface area (Å²) in [7, 11) is 1.85. The number of alkyl halides is 5. The summed E-state index contributed by atoms with van der Waals surface area (Å²) in [6.07, 6.45) is -6.22. The number of aryl methyl sites for hydroxylation is 1. The molecule has 0 N–H and O–H groups in total. The summed E-state index contributed by atoms with van der Waals surface area (Å²) in [5, 5.41) is 1.10. The number of hydrogen-bond acceptors (Lipinski definition) is 5. The van der Waals surface area contributed by atoms with Gasteiger partial charge in [-0.1, -0.05) is 18.2 Å². The highest BCUT2D eigenvalue weighted by Gasteiger charge is 2.48. The van der Waals surface area contributed by atoms with E-state index in [2.05, 4.69) is 9.72 Å². The third-order valence-corrected chi connectivity index (χ3v) is 6.34. The minimum Gasteiger partial charge on any atom is -0.463 e. The van der Waals surface area contributed by atoms with Gasteiger partial charge in [0, 0.05) is 48.1 Å². The van der Waals surface area contributed by atoms with Gasteiger partial charge in [-0.05, 0) is 36.4 Å². The number of hydrogen-bond donors (Lipinski definition) is 0. The summed E-state index contributed by atoms with van der Waals surface area (Å²) in [4.78, 5) is 29.9. The highest BCUT2D eigenvalue weighted by molar-refractivity contribution is 5.98. The Kier molecular flexibility index (Phi) is 6.20. The summed E-state index contributed by atoms with van der Waals surface area (Å²) in [6, 6.07) is 14.0. The molecular formula is C26H20F5N3O4. The van der Waals surface area contributed by atoms with Crippen LogP contribution in [0.3, 0.4) is 0 Å². The lowest BCUT2D eigenvalue weighted by Gasteiger charge is -2.38. The highest BCUT2D eigenvalue weighted by Crippen LogP contribution is 2.37. The third-order valence-electron chi connectivity index (χ3n) is 6.34. The number of piperidine rings is 1. The molecule has 0 saturated carbocycles. The Hall–Kier alpha value is -4.22. The maximum atomic E-state index is 14.9. The van der Waals surface area contributed by atoms with Crippen molar-refractivity contribution < 1.29 is 41.0 Å². The number of rotatable bonds is 4. The van der Waals surface area contributed by atoms with Crippen LogP contribution in [0, 0.1) is 0 Å². The number of esters is 1. The number of nitrogens with zero attached hydrogens (tertiary/aromatic N) is 3. The Morgan fingerprint density at radius 1 is 1.05 bits per heavy atom. The number of pyridine rings is 1. The maximum absolute atomic E-state index is 14.9. The Morgan fingerprint density at radius 3 is 2.58 bits per heavy atom. The van der Waals surface area contributed by atoms with Gasteiger partial charge in [0.2, 0.25) is 0 Å². The van der Waals surface area contributed by atoms with E-state index in [-0.39, 0.29) is 17.6 Å². The van der Waals surface area contributed by atoms with Gasteiger partial charge in [0.05, 0.1) is 12.1 Å². The fraction of sp³-hybridized carbons (Fsp3) is 0.269. The molecule has 1 fully saturated rings. The van der Waals surface area contributed by atoms with Gasteiger partial charge in [-0.15, -0.1) is 0 Å². The molecule has 3 heterocycles. The van der Waals surface area contributed by atoms with Crippen LogP contribution in [0.2, 0.25) is 0 Å². The minimum absolute atomic E-state index is 0.220. The van der Waals surface area contributed by atoms with E-state index >= 15 is 0 Å². The fourth-order valence-electron chi connectivity index (χ4n) is 4.30. The van der Waals surface area contributed by atoms with Crippen molar-refractivity contribution in [1.29, 1.82) is 0 Å². The molecule has 1 amide bonds. The smallest absolute Gasteiger partial charge is 0.463 e. The first-order valence-electron chi connectivity index (χ1n) is 11.5. The van der Waals surface area contributed by atoms with Crippen molar-refractivity contribution in [1.82, 2.24) is 14.5 Å². The Bertz CT molecular complexity index is 1550. The van der Waals surface area contributed by atoms with Gasteiger partial charge in [-0.2, -0.15) is 13.2 Å². The molecule has 0 radical (unpaired) electrons. The molecule has 1 aliphatic heterocycles. The highest BCUT2D eigenvalue weighted by atomic mass is 19.4. The van der Waals surface area contributed by atoms with Crippen LogP contribution in [-0.4, -0.2) is 57.6 Å². The first-order valence-corrected chi connectivity index (χ1v) is 11.5. The molecule has 1 atom stereocenters. The van der Waals surface area contributed by atoms with Crippen LogP contribution in [-0.2, 0) is 11.8 Å². The van der Waals surface area contributed by atoms with Crippen molar-refractivity contribution in [2.24, 2.45) is 7.05 Å². The van der Waals surface area contributed by atoms with Crippen LogP contribution in [0.5, 0.6) is 11.6 Å². The van der Waals surface area contributed by atoms with Crippen molar-refractivity contribution in [3.05, 3.63) is 66.4 Å². The molecular weight excluding hydrogens is 513 g/mol. The summed E-state index contributed by atoms with van der Waals surface area (Å²) in [5.74, 6) is -7.98. The largest absolute Gasteiger partial charge is 0.491 e. The van der Waals surface area contributed by atoms with Crippen molar-refractivity contribution in [3.8, 4) is 11.6 Å². The molecule has 1 aliphatic rings. The molecule has 1 unspecified atom stereocenters. The number of amides is 1. The second kappa shape index (κ2) is 9.26. The topological polar surface area (TPSA) is 73.7 Å². The van der Waals surface area contributed by atoms with Gasteiger partial charge in [-0.25, -0.2) is 18.6 Å². The molecule has 38 heavy (non-hydrogen) atoms. The Morgan fingerprint density at radius 2 is 1.82 bits per heavy atom. The van der Waals surface area contributed by atoms with E-state index in [9.17, 15) is 31.5 Å². The van der Waals surface area contributed by atoms with Gasteiger partial charge in [0.1, 0.15) is 0 Å². The summed E-state index contributed by atoms with van der Waals surface area (Å²) in [5.41, 5.74) is 1.39. The van der Waals surface area contributed by atoms with Gasteiger partial charge < -0.3 is 18.9 Å². The molecule has 1 saturated heterocycles. The van der Waals surface area contributed by atoms with Crippen LogP contribution >= 0.6 is 0 Å². The number of ether oxygens (including phenoxy) is 2. The average molecular weight is 533 g/mol. The van der Waals surface area contributed by atoms with Gasteiger partial charge in [0.25, 0.3) is 17.7 Å². The number of benzene rings is 2. The molecule has 198 valence electrons. The lowest BCUT2D eigenvalue weighted by molar-refractivity contribution is -0.190. The fourth-order valence-corrected chi connectivity index (χ4v) is 4.30. The number of aromatic nitrogens is 2. The predicted molar refractivity (Wildman–Crippen MR) is 126 cm³/mol. The first-order chi connectivity index (χ1) is 17.9. The van der Waals surface area contributed by atoms with E-state index < -0.39 is 54.7 Å². The second-order valence-corrected chi connectivity index (χ2v) is 8.94. The summed E-state index contributed by atoms with van der Waals surface area (Å²) < 4.78 is 80.1. The van der Waals surface area contributed by atoms with Crippen molar-refractivity contribution >= 4 is 33.7 Å². The van der Waals surface area contributed by atoms with Crippen molar-refractivity contribution in [3.63, 3.8) is 0 Å². The first kappa shape index (κ1) is 25.4. The molecule has 0 aliphatic carbocycles. The zero-order chi connectivity index (χ0) is 27.2. The van der Waals surface area contributed by atoms with E-state index in [1.807, 2.05) is 23.9 Å². The Labute approximate surface area is 212 Å². The molecule has 0 bridgehead atoms. The quantitative estimate of drug-likeness (QED) is 0.269. The Balaban J connectivity index is 1.44. The van der Waals surface area contributed by atoms with Gasteiger partial charge in [-0.3, -0.25) is 4.79 Å².